The number of hydrogen-bond acceptors (Lipinski definition) is 2. The second kappa shape index (κ2) is 6.46. The van der Waals surface area contributed by atoms with Crippen LogP contribution < -0.4 is 5.73 Å². The molecule has 0 aliphatic carbocycles. The molecule has 5 heteroatoms. The summed E-state index contributed by atoms with van der Waals surface area (Å²) in [6.45, 7) is 5.21. The molecule has 2 aromatic rings. The molecule has 0 aliphatic heterocycles. The molecule has 0 spiro atoms. The summed E-state index contributed by atoms with van der Waals surface area (Å²) in [5, 5.41) is 8.85. The molecule has 0 aromatic heterocycles. The van der Waals surface area contributed by atoms with Crippen molar-refractivity contribution >= 4 is 5.97 Å². The van der Waals surface area contributed by atoms with Crippen molar-refractivity contribution in [1.82, 2.24) is 0 Å². The van der Waals surface area contributed by atoms with Crippen LogP contribution in [-0.4, -0.2) is 11.1 Å². The van der Waals surface area contributed by atoms with Gasteiger partial charge < -0.3 is 10.8 Å². The Balaban J connectivity index is 2.73. The number of hydrogen-bond donors (Lipinski definition) is 2. The lowest BCUT2D eigenvalue weighted by atomic mass is 9.90. The van der Waals surface area contributed by atoms with Gasteiger partial charge in [0.1, 0.15) is 11.6 Å². The van der Waals surface area contributed by atoms with Crippen LogP contribution in [0.4, 0.5) is 8.78 Å². The molecule has 0 radical (unpaired) electrons. The SMILES string of the molecule is Cc1cc(-c2c(C)cccc2C)c(F)c(C(N)CC(=O)O)c1F. The van der Waals surface area contributed by atoms with E-state index in [0.717, 1.165) is 11.1 Å². The molecule has 0 saturated heterocycles. The van der Waals surface area contributed by atoms with Crippen molar-refractivity contribution in [2.24, 2.45) is 5.73 Å². The van der Waals surface area contributed by atoms with Crippen LogP contribution in [0.5, 0.6) is 0 Å². The zero-order valence-electron chi connectivity index (χ0n) is 13.3. The molecular formula is C18H19F2NO2. The van der Waals surface area contributed by atoms with Gasteiger partial charge in [0.2, 0.25) is 0 Å². The van der Waals surface area contributed by atoms with Gasteiger partial charge in [-0.15, -0.1) is 0 Å². The normalized spacial score (nSPS) is 12.3. The Hall–Kier alpha value is -2.27. The second-order valence-corrected chi connectivity index (χ2v) is 5.75. The fourth-order valence-corrected chi connectivity index (χ4v) is 2.83. The largest absolute Gasteiger partial charge is 0.481 e. The monoisotopic (exact) mass is 319 g/mol. The van der Waals surface area contributed by atoms with Crippen molar-refractivity contribution in [2.45, 2.75) is 33.2 Å². The van der Waals surface area contributed by atoms with E-state index < -0.39 is 30.1 Å². The molecule has 122 valence electrons. The number of rotatable bonds is 4. The first-order chi connectivity index (χ1) is 10.7. The van der Waals surface area contributed by atoms with E-state index in [1.807, 2.05) is 32.0 Å². The third-order valence-corrected chi connectivity index (χ3v) is 3.93. The quantitative estimate of drug-likeness (QED) is 0.894. The highest BCUT2D eigenvalue weighted by Crippen LogP contribution is 2.35. The van der Waals surface area contributed by atoms with Crippen molar-refractivity contribution in [3.05, 3.63) is 58.2 Å². The first-order valence-electron chi connectivity index (χ1n) is 7.26. The van der Waals surface area contributed by atoms with E-state index in [0.29, 0.717) is 5.56 Å². The van der Waals surface area contributed by atoms with Crippen LogP contribution >= 0.6 is 0 Å². The van der Waals surface area contributed by atoms with Gasteiger partial charge in [-0.05, 0) is 49.1 Å². The molecule has 23 heavy (non-hydrogen) atoms. The lowest BCUT2D eigenvalue weighted by molar-refractivity contribution is -0.137. The zero-order valence-corrected chi connectivity index (χ0v) is 13.3. The van der Waals surface area contributed by atoms with Crippen molar-refractivity contribution in [2.75, 3.05) is 0 Å². The number of carboxylic acids is 1. The molecule has 0 heterocycles. The summed E-state index contributed by atoms with van der Waals surface area (Å²) >= 11 is 0. The summed E-state index contributed by atoms with van der Waals surface area (Å²) in [6.07, 6.45) is -0.538. The molecular weight excluding hydrogens is 300 g/mol. The summed E-state index contributed by atoms with van der Waals surface area (Å²) < 4.78 is 29.3. The molecule has 3 N–H and O–H groups in total. The van der Waals surface area contributed by atoms with E-state index in [1.165, 1.54) is 13.0 Å². The number of aliphatic carboxylic acids is 1. The third-order valence-electron chi connectivity index (χ3n) is 3.93. The van der Waals surface area contributed by atoms with Gasteiger partial charge in [0.25, 0.3) is 0 Å². The van der Waals surface area contributed by atoms with Crippen LogP contribution in [0.3, 0.4) is 0 Å². The minimum atomic E-state index is -1.24. The third kappa shape index (κ3) is 3.24. The van der Waals surface area contributed by atoms with Crippen LogP contribution in [0.25, 0.3) is 11.1 Å². The standard InChI is InChI=1S/C18H19F2NO2/c1-9-5-4-6-10(2)15(9)12-7-11(3)17(19)16(18(12)20)13(21)8-14(22)23/h4-7,13H,8,21H2,1-3H3,(H,22,23). The summed E-state index contributed by atoms with van der Waals surface area (Å²) in [7, 11) is 0. The highest BCUT2D eigenvalue weighted by atomic mass is 19.1. The molecule has 0 bridgehead atoms. The maximum absolute atomic E-state index is 14.9. The fraction of sp³-hybridized carbons (Fsp3) is 0.278. The zero-order chi connectivity index (χ0) is 17.3. The highest BCUT2D eigenvalue weighted by molar-refractivity contribution is 5.73. The van der Waals surface area contributed by atoms with Gasteiger partial charge in [0.15, 0.2) is 0 Å². The summed E-state index contributed by atoms with van der Waals surface area (Å²) in [5.74, 6) is -2.78. The van der Waals surface area contributed by atoms with E-state index >= 15 is 0 Å². The molecule has 0 fully saturated rings. The van der Waals surface area contributed by atoms with Crippen LogP contribution in [0.15, 0.2) is 24.3 Å². The fourth-order valence-electron chi connectivity index (χ4n) is 2.83. The van der Waals surface area contributed by atoms with Gasteiger partial charge in [-0.3, -0.25) is 4.79 Å². The Labute approximate surface area is 133 Å². The van der Waals surface area contributed by atoms with E-state index in [4.69, 9.17) is 10.8 Å². The predicted octanol–water partition coefficient (Wildman–Crippen LogP) is 4.03. The number of aryl methyl sites for hydroxylation is 3. The molecule has 1 unspecified atom stereocenters. The minimum Gasteiger partial charge on any atom is -0.481 e. The number of nitrogens with two attached hydrogens (primary N) is 1. The molecule has 2 rings (SSSR count). The molecule has 0 aliphatic rings. The maximum atomic E-state index is 14.9. The average molecular weight is 319 g/mol. The van der Waals surface area contributed by atoms with Crippen molar-refractivity contribution in [3.63, 3.8) is 0 Å². The van der Waals surface area contributed by atoms with E-state index in [1.54, 1.807) is 0 Å². The smallest absolute Gasteiger partial charge is 0.305 e. The Morgan fingerprint density at radius 1 is 1.13 bits per heavy atom. The lowest BCUT2D eigenvalue weighted by Crippen LogP contribution is -2.19. The summed E-state index contributed by atoms with van der Waals surface area (Å²) in [4.78, 5) is 10.8. The minimum absolute atomic E-state index is 0.236. The Bertz CT molecular complexity index is 752. The van der Waals surface area contributed by atoms with Crippen LogP contribution in [0, 0.1) is 32.4 Å². The highest BCUT2D eigenvalue weighted by Gasteiger charge is 2.25. The topological polar surface area (TPSA) is 63.3 Å². The molecule has 0 amide bonds. The van der Waals surface area contributed by atoms with Crippen molar-refractivity contribution in [1.29, 1.82) is 0 Å². The molecule has 2 aromatic carbocycles. The number of carbonyl (C=O) groups is 1. The first-order valence-corrected chi connectivity index (χ1v) is 7.26. The van der Waals surface area contributed by atoms with Gasteiger partial charge in [-0.25, -0.2) is 8.78 Å². The number of benzene rings is 2. The molecule has 0 saturated carbocycles. The van der Waals surface area contributed by atoms with E-state index in [9.17, 15) is 13.6 Å². The van der Waals surface area contributed by atoms with Gasteiger partial charge in [0.05, 0.1) is 6.42 Å². The van der Waals surface area contributed by atoms with Crippen LogP contribution in [-0.2, 0) is 4.79 Å². The summed E-state index contributed by atoms with van der Waals surface area (Å²) in [5.41, 5.74) is 8.23. The van der Waals surface area contributed by atoms with E-state index in [-0.39, 0.29) is 16.7 Å². The van der Waals surface area contributed by atoms with Crippen LogP contribution in [0.1, 0.15) is 34.7 Å². The summed E-state index contributed by atoms with van der Waals surface area (Å²) in [6, 6.07) is 5.75. The maximum Gasteiger partial charge on any atom is 0.305 e. The van der Waals surface area contributed by atoms with Gasteiger partial charge in [-0.1, -0.05) is 18.2 Å². The van der Waals surface area contributed by atoms with Gasteiger partial charge >= 0.3 is 5.97 Å². The Morgan fingerprint density at radius 3 is 2.22 bits per heavy atom. The predicted molar refractivity (Wildman–Crippen MR) is 85.2 cm³/mol. The number of halogens is 2. The average Bonchev–Trinajstić information content (AvgIpc) is 2.43. The van der Waals surface area contributed by atoms with E-state index in [2.05, 4.69) is 0 Å². The number of carboxylic acid groups (broad SMARTS) is 1. The van der Waals surface area contributed by atoms with Crippen molar-refractivity contribution in [3.8, 4) is 11.1 Å². The second-order valence-electron chi connectivity index (χ2n) is 5.75. The van der Waals surface area contributed by atoms with Crippen LogP contribution in [0.2, 0.25) is 0 Å². The Morgan fingerprint density at radius 2 is 1.70 bits per heavy atom. The van der Waals surface area contributed by atoms with Gasteiger partial charge in [-0.2, -0.15) is 0 Å². The molecule has 1 atom stereocenters. The van der Waals surface area contributed by atoms with Crippen molar-refractivity contribution < 1.29 is 18.7 Å². The lowest BCUT2D eigenvalue weighted by Gasteiger charge is -2.18. The Kier molecular flexibility index (Phi) is 4.80. The van der Waals surface area contributed by atoms with Gasteiger partial charge in [0, 0.05) is 17.2 Å². The first kappa shape index (κ1) is 17.1. The molecule has 3 nitrogen and oxygen atoms in total.